The first-order valence-corrected chi connectivity index (χ1v) is 14.1. The predicted molar refractivity (Wildman–Crippen MR) is 104 cm³/mol. The molecule has 25 heavy (non-hydrogen) atoms. The molecule has 0 aliphatic carbocycles. The summed E-state index contributed by atoms with van der Waals surface area (Å²) in [7, 11) is 1.39. The number of hydrazone groups is 1. The molecule has 0 aliphatic heterocycles. The second kappa shape index (κ2) is 8.85. The van der Waals surface area contributed by atoms with E-state index in [0.717, 1.165) is 31.5 Å². The summed E-state index contributed by atoms with van der Waals surface area (Å²) in [6.45, 7) is 6.64. The Balaban J connectivity index is 2.41. The molecule has 0 radical (unpaired) electrons. The summed E-state index contributed by atoms with van der Waals surface area (Å²) < 4.78 is 6.01. The van der Waals surface area contributed by atoms with Crippen molar-refractivity contribution in [3.05, 3.63) is 41.7 Å². The second-order valence-corrected chi connectivity index (χ2v) is 16.8. The van der Waals surface area contributed by atoms with Gasteiger partial charge in [0.25, 0.3) is 0 Å². The van der Waals surface area contributed by atoms with E-state index >= 15 is 0 Å². The molecule has 0 saturated heterocycles. The van der Waals surface area contributed by atoms with Gasteiger partial charge in [-0.2, -0.15) is 0 Å². The molecule has 2 aromatic rings. The van der Waals surface area contributed by atoms with E-state index in [1.54, 1.807) is 6.21 Å². The van der Waals surface area contributed by atoms with Crippen LogP contribution in [0, 0.1) is 0 Å². The number of carbonyl (C=O) groups is 1. The number of anilines is 1. The SMILES string of the molecule is C[CH2][Ge]([CH2]C)([CH2]C)[c]1c(C(=O)OC)n[nH]c1/C=N/Nc1ccccc1. The van der Waals surface area contributed by atoms with Crippen LogP contribution in [0.25, 0.3) is 0 Å². The van der Waals surface area contributed by atoms with Crippen LogP contribution < -0.4 is 9.82 Å². The Bertz CT molecular complexity index is 716. The van der Waals surface area contributed by atoms with Crippen molar-refractivity contribution >= 4 is 35.5 Å². The fourth-order valence-corrected chi connectivity index (χ4v) is 11.4. The number of esters is 1. The van der Waals surface area contributed by atoms with Crippen molar-refractivity contribution in [1.29, 1.82) is 0 Å². The number of nitrogens with one attached hydrogen (secondary N) is 2. The number of hydrogen-bond acceptors (Lipinski definition) is 5. The summed E-state index contributed by atoms with van der Waals surface area (Å²) in [4.78, 5) is 12.2. The van der Waals surface area contributed by atoms with E-state index in [1.807, 2.05) is 30.3 Å². The molecule has 7 heteroatoms. The number of para-hydroxylation sites is 1. The molecule has 2 N–H and O–H groups in total. The van der Waals surface area contributed by atoms with Gasteiger partial charge >= 0.3 is 151 Å². The summed E-state index contributed by atoms with van der Waals surface area (Å²) in [6.07, 6.45) is 1.72. The van der Waals surface area contributed by atoms with Crippen molar-refractivity contribution in [1.82, 2.24) is 10.2 Å². The van der Waals surface area contributed by atoms with Crippen LogP contribution in [0.2, 0.25) is 15.8 Å². The van der Waals surface area contributed by atoms with E-state index in [1.165, 1.54) is 7.11 Å². The van der Waals surface area contributed by atoms with Gasteiger partial charge in [0.1, 0.15) is 0 Å². The van der Waals surface area contributed by atoms with E-state index in [9.17, 15) is 4.79 Å². The molecule has 0 fully saturated rings. The third-order valence-electron chi connectivity index (χ3n) is 4.89. The first-order chi connectivity index (χ1) is 12.1. The minimum atomic E-state index is -2.45. The van der Waals surface area contributed by atoms with Crippen molar-refractivity contribution in [3.8, 4) is 0 Å². The molecule has 1 aromatic carbocycles. The number of hydrogen-bond donors (Lipinski definition) is 2. The zero-order chi connectivity index (χ0) is 18.3. The van der Waals surface area contributed by atoms with Crippen LogP contribution in [-0.2, 0) is 4.74 Å². The number of ether oxygens (including phenoxy) is 1. The molecule has 0 bridgehead atoms. The van der Waals surface area contributed by atoms with Gasteiger partial charge in [-0.05, 0) is 0 Å². The molecule has 134 valence electrons. The molecule has 2 rings (SSSR count). The molecular formula is C18H26GeN4O2. The maximum absolute atomic E-state index is 12.2. The zero-order valence-electron chi connectivity index (χ0n) is 15.3. The Labute approximate surface area is 151 Å². The van der Waals surface area contributed by atoms with Crippen molar-refractivity contribution in [3.63, 3.8) is 0 Å². The first kappa shape index (κ1) is 19.2. The maximum atomic E-state index is 12.2. The van der Waals surface area contributed by atoms with Crippen LogP contribution in [0.15, 0.2) is 35.4 Å². The van der Waals surface area contributed by atoms with E-state index in [2.05, 4.69) is 41.5 Å². The van der Waals surface area contributed by atoms with Crippen molar-refractivity contribution in [2.75, 3.05) is 12.5 Å². The summed E-state index contributed by atoms with van der Waals surface area (Å²) in [5.41, 5.74) is 5.15. The van der Waals surface area contributed by atoms with Gasteiger partial charge in [0.2, 0.25) is 0 Å². The molecule has 0 aliphatic rings. The number of rotatable bonds is 8. The molecular weight excluding hydrogens is 377 g/mol. The third kappa shape index (κ3) is 4.12. The topological polar surface area (TPSA) is 79.4 Å². The normalized spacial score (nSPS) is 11.7. The van der Waals surface area contributed by atoms with Gasteiger partial charge in [0, 0.05) is 0 Å². The standard InChI is InChI=1S/C18H26GeN4O2/c1-5-19(6-2,7-3)16-15(22-23-17(16)18(24)25-4)13-20-21-14-11-9-8-10-12-14/h8-13,21H,5-7H2,1-4H3,(H,22,23)/b20-13+. The van der Waals surface area contributed by atoms with Gasteiger partial charge in [-0.1, -0.05) is 0 Å². The number of H-pyrrole nitrogens is 1. The Kier molecular flexibility index (Phi) is 6.81. The Hall–Kier alpha value is -2.09. The molecule has 0 unspecified atom stereocenters. The van der Waals surface area contributed by atoms with E-state index in [-0.39, 0.29) is 5.97 Å². The van der Waals surface area contributed by atoms with E-state index < -0.39 is 13.3 Å². The number of carbonyl (C=O) groups excluding carboxylic acids is 1. The fraction of sp³-hybridized carbons (Fsp3) is 0.389. The molecule has 1 aromatic heterocycles. The number of aromatic nitrogens is 2. The molecule has 0 atom stereocenters. The van der Waals surface area contributed by atoms with Gasteiger partial charge < -0.3 is 0 Å². The van der Waals surface area contributed by atoms with Crippen LogP contribution in [0.3, 0.4) is 0 Å². The molecule has 0 amide bonds. The van der Waals surface area contributed by atoms with Gasteiger partial charge in [-0.15, -0.1) is 0 Å². The average Bonchev–Trinajstić information content (AvgIpc) is 3.09. The Morgan fingerprint density at radius 2 is 1.88 bits per heavy atom. The average molecular weight is 403 g/mol. The van der Waals surface area contributed by atoms with Crippen LogP contribution in [0.1, 0.15) is 37.0 Å². The molecule has 0 spiro atoms. The van der Waals surface area contributed by atoms with Gasteiger partial charge in [0.15, 0.2) is 0 Å². The summed E-state index contributed by atoms with van der Waals surface area (Å²) in [5.74, 6) is -0.382. The fourth-order valence-electron chi connectivity index (χ4n) is 3.19. The number of methoxy groups -OCH3 is 1. The van der Waals surface area contributed by atoms with Crippen LogP contribution in [-0.4, -0.2) is 42.8 Å². The predicted octanol–water partition coefficient (Wildman–Crippen LogP) is 3.36. The molecule has 0 saturated carbocycles. The van der Waals surface area contributed by atoms with Crippen LogP contribution >= 0.6 is 0 Å². The van der Waals surface area contributed by atoms with E-state index in [0.29, 0.717) is 5.69 Å². The van der Waals surface area contributed by atoms with Crippen molar-refractivity contribution in [2.24, 2.45) is 5.10 Å². The minimum absolute atomic E-state index is 0.382. The monoisotopic (exact) mass is 404 g/mol. The number of aromatic amines is 1. The summed E-state index contributed by atoms with van der Waals surface area (Å²) >= 11 is -2.45. The third-order valence-corrected chi connectivity index (χ3v) is 16.7. The number of nitrogens with zero attached hydrogens (tertiary/aromatic N) is 2. The van der Waals surface area contributed by atoms with Crippen LogP contribution in [0.5, 0.6) is 0 Å². The van der Waals surface area contributed by atoms with Crippen molar-refractivity contribution in [2.45, 2.75) is 36.5 Å². The van der Waals surface area contributed by atoms with Gasteiger partial charge in [0.05, 0.1) is 0 Å². The Morgan fingerprint density at radius 1 is 1.24 bits per heavy atom. The Morgan fingerprint density at radius 3 is 2.44 bits per heavy atom. The van der Waals surface area contributed by atoms with Crippen LogP contribution in [0.4, 0.5) is 5.69 Å². The molecule has 6 nitrogen and oxygen atoms in total. The van der Waals surface area contributed by atoms with Gasteiger partial charge in [-0.25, -0.2) is 0 Å². The molecule has 1 heterocycles. The second-order valence-electron chi connectivity index (χ2n) is 5.93. The van der Waals surface area contributed by atoms with Gasteiger partial charge in [-0.3, -0.25) is 0 Å². The summed E-state index contributed by atoms with van der Waals surface area (Å²) in [6, 6.07) is 9.73. The first-order valence-electron chi connectivity index (χ1n) is 8.63. The zero-order valence-corrected chi connectivity index (χ0v) is 17.4. The van der Waals surface area contributed by atoms with Crippen molar-refractivity contribution < 1.29 is 9.53 Å². The number of benzene rings is 1. The summed E-state index contributed by atoms with van der Waals surface area (Å²) in [5, 5.41) is 14.8. The quantitative estimate of drug-likeness (QED) is 0.307. The van der Waals surface area contributed by atoms with E-state index in [4.69, 9.17) is 4.74 Å².